The number of ether oxygens (including phenoxy) is 1. The third-order valence-corrected chi connectivity index (χ3v) is 2.54. The van der Waals surface area contributed by atoms with Crippen LogP contribution in [0.4, 0.5) is 19.1 Å². The first-order valence-electron chi connectivity index (χ1n) is 5.70. The Morgan fingerprint density at radius 2 is 1.67 bits per heavy atom. The third kappa shape index (κ3) is 3.94. The number of aromatic nitrogens is 3. The third-order valence-electron chi connectivity index (χ3n) is 2.37. The molecule has 0 saturated heterocycles. The number of benzene rings is 1. The Morgan fingerprint density at radius 3 is 2.19 bits per heavy atom. The molecule has 0 bridgehead atoms. The Kier molecular flexibility index (Phi) is 4.17. The highest BCUT2D eigenvalue weighted by molar-refractivity contribution is 6.28. The van der Waals surface area contributed by atoms with Crippen LogP contribution in [0.15, 0.2) is 24.3 Å². The lowest BCUT2D eigenvalue weighted by Gasteiger charge is -2.11. The maximum Gasteiger partial charge on any atom is 0.416 e. The Morgan fingerprint density at radius 1 is 1.05 bits per heavy atom. The van der Waals surface area contributed by atoms with E-state index in [2.05, 4.69) is 15.0 Å². The average Bonchev–Trinajstić information content (AvgIpc) is 2.37. The molecule has 0 aliphatic rings. The fourth-order valence-electron chi connectivity index (χ4n) is 1.38. The van der Waals surface area contributed by atoms with Crippen molar-refractivity contribution in [2.45, 2.75) is 6.18 Å². The summed E-state index contributed by atoms with van der Waals surface area (Å²) in [6, 6.07) is 4.07. The lowest BCUT2D eigenvalue weighted by Crippen LogP contribution is -2.13. The normalized spacial score (nSPS) is 11.3. The molecule has 0 N–H and O–H groups in total. The van der Waals surface area contributed by atoms with Gasteiger partial charge in [0.05, 0.1) is 5.56 Å². The topological polar surface area (TPSA) is 51.1 Å². The minimum absolute atomic E-state index is 0.0735. The zero-order chi connectivity index (χ0) is 15.6. The van der Waals surface area contributed by atoms with E-state index in [9.17, 15) is 13.2 Å². The largest absolute Gasteiger partial charge is 0.424 e. The average molecular weight is 319 g/mol. The summed E-state index contributed by atoms with van der Waals surface area (Å²) in [6.45, 7) is 0. The lowest BCUT2D eigenvalue weighted by molar-refractivity contribution is -0.137. The van der Waals surface area contributed by atoms with Crippen molar-refractivity contribution in [3.8, 4) is 11.8 Å². The second-order valence-electron chi connectivity index (χ2n) is 4.21. The molecule has 2 aromatic rings. The molecule has 0 unspecified atom stereocenters. The minimum Gasteiger partial charge on any atom is -0.424 e. The Hall–Kier alpha value is -2.09. The summed E-state index contributed by atoms with van der Waals surface area (Å²) >= 11 is 5.73. The quantitative estimate of drug-likeness (QED) is 0.868. The summed E-state index contributed by atoms with van der Waals surface area (Å²) in [4.78, 5) is 13.2. The number of anilines is 1. The van der Waals surface area contributed by atoms with Crippen molar-refractivity contribution in [1.29, 1.82) is 0 Å². The van der Waals surface area contributed by atoms with Gasteiger partial charge in [0.25, 0.3) is 0 Å². The zero-order valence-corrected chi connectivity index (χ0v) is 11.8. The summed E-state index contributed by atoms with van der Waals surface area (Å²) in [5, 5.41) is -0.0735. The van der Waals surface area contributed by atoms with Gasteiger partial charge >= 0.3 is 12.2 Å². The van der Waals surface area contributed by atoms with E-state index in [1.807, 2.05) is 0 Å². The molecule has 0 fully saturated rings. The molecule has 21 heavy (non-hydrogen) atoms. The van der Waals surface area contributed by atoms with Crippen LogP contribution in [0.2, 0.25) is 5.28 Å². The lowest BCUT2D eigenvalue weighted by atomic mass is 10.2. The van der Waals surface area contributed by atoms with Crippen LogP contribution < -0.4 is 9.64 Å². The molecule has 9 heteroatoms. The van der Waals surface area contributed by atoms with E-state index in [1.165, 1.54) is 12.1 Å². The Labute approximate surface area is 123 Å². The van der Waals surface area contributed by atoms with Crippen LogP contribution in [0.25, 0.3) is 0 Å². The molecule has 0 amide bonds. The fraction of sp³-hybridized carbons (Fsp3) is 0.250. The Bertz CT molecular complexity index is 631. The molecule has 2 rings (SSSR count). The van der Waals surface area contributed by atoms with Crippen LogP contribution in [-0.2, 0) is 6.18 Å². The van der Waals surface area contributed by atoms with Crippen molar-refractivity contribution < 1.29 is 17.9 Å². The van der Waals surface area contributed by atoms with Crippen LogP contribution >= 0.6 is 11.6 Å². The van der Waals surface area contributed by atoms with Crippen LogP contribution in [0, 0.1) is 0 Å². The SMILES string of the molecule is CN(C)c1nc(Cl)nc(Oc2ccc(C(F)(F)F)cc2)n1. The van der Waals surface area contributed by atoms with Crippen LogP contribution in [0.1, 0.15) is 5.56 Å². The van der Waals surface area contributed by atoms with Crippen LogP contribution in [-0.4, -0.2) is 29.0 Å². The second kappa shape index (κ2) is 5.72. The minimum atomic E-state index is -4.40. The van der Waals surface area contributed by atoms with E-state index in [0.717, 1.165) is 12.1 Å². The van der Waals surface area contributed by atoms with Gasteiger partial charge in [-0.05, 0) is 35.9 Å². The molecule has 0 atom stereocenters. The highest BCUT2D eigenvalue weighted by Crippen LogP contribution is 2.31. The van der Waals surface area contributed by atoms with Gasteiger partial charge in [0.2, 0.25) is 11.2 Å². The van der Waals surface area contributed by atoms with Gasteiger partial charge in [-0.2, -0.15) is 28.1 Å². The predicted molar refractivity (Wildman–Crippen MR) is 70.7 cm³/mol. The van der Waals surface area contributed by atoms with E-state index in [4.69, 9.17) is 16.3 Å². The first-order valence-corrected chi connectivity index (χ1v) is 6.07. The smallest absolute Gasteiger partial charge is 0.416 e. The summed E-state index contributed by atoms with van der Waals surface area (Å²) in [7, 11) is 3.40. The molecular weight excluding hydrogens is 309 g/mol. The molecule has 1 aromatic carbocycles. The number of nitrogens with zero attached hydrogens (tertiary/aromatic N) is 4. The van der Waals surface area contributed by atoms with Crippen molar-refractivity contribution in [3.63, 3.8) is 0 Å². The van der Waals surface area contributed by atoms with E-state index in [-0.39, 0.29) is 23.0 Å². The number of hydrogen-bond acceptors (Lipinski definition) is 5. The number of hydrogen-bond donors (Lipinski definition) is 0. The van der Waals surface area contributed by atoms with Gasteiger partial charge in [-0.1, -0.05) is 0 Å². The van der Waals surface area contributed by atoms with Crippen LogP contribution in [0.3, 0.4) is 0 Å². The van der Waals surface area contributed by atoms with Crippen molar-refractivity contribution in [1.82, 2.24) is 15.0 Å². The molecule has 1 aromatic heterocycles. The molecule has 1 heterocycles. The van der Waals surface area contributed by atoms with Gasteiger partial charge in [0, 0.05) is 14.1 Å². The van der Waals surface area contributed by atoms with Gasteiger partial charge in [-0.25, -0.2) is 0 Å². The second-order valence-corrected chi connectivity index (χ2v) is 4.54. The van der Waals surface area contributed by atoms with Crippen LogP contribution in [0.5, 0.6) is 11.8 Å². The van der Waals surface area contributed by atoms with Crippen molar-refractivity contribution in [2.24, 2.45) is 0 Å². The van der Waals surface area contributed by atoms with Gasteiger partial charge < -0.3 is 9.64 Å². The van der Waals surface area contributed by atoms with Gasteiger partial charge in [0.15, 0.2) is 0 Å². The molecule has 0 saturated carbocycles. The summed E-state index contributed by atoms with van der Waals surface area (Å²) < 4.78 is 42.6. The van der Waals surface area contributed by atoms with E-state index in [0.29, 0.717) is 0 Å². The fourth-order valence-corrected chi connectivity index (χ4v) is 1.53. The molecule has 0 radical (unpaired) electrons. The van der Waals surface area contributed by atoms with E-state index in [1.54, 1.807) is 19.0 Å². The molecule has 112 valence electrons. The number of alkyl halides is 3. The van der Waals surface area contributed by atoms with Gasteiger partial charge in [-0.15, -0.1) is 0 Å². The van der Waals surface area contributed by atoms with Crippen molar-refractivity contribution in [2.75, 3.05) is 19.0 Å². The molecule has 5 nitrogen and oxygen atoms in total. The predicted octanol–water partition coefficient (Wildman–Crippen LogP) is 3.40. The first kappa shape index (κ1) is 15.3. The van der Waals surface area contributed by atoms with Crippen molar-refractivity contribution >= 4 is 17.5 Å². The zero-order valence-electron chi connectivity index (χ0n) is 11.0. The van der Waals surface area contributed by atoms with E-state index < -0.39 is 11.7 Å². The Balaban J connectivity index is 2.22. The number of halogens is 4. The summed E-state index contributed by atoms with van der Waals surface area (Å²) in [5.41, 5.74) is -0.766. The van der Waals surface area contributed by atoms with E-state index >= 15 is 0 Å². The molecule has 0 aliphatic carbocycles. The standard InChI is InChI=1S/C12H10ClF3N4O/c1-20(2)10-17-9(13)18-11(19-10)21-8-5-3-7(4-6-8)12(14,15)16/h3-6H,1-2H3. The maximum absolute atomic E-state index is 12.4. The summed E-state index contributed by atoms with van der Waals surface area (Å²) in [6.07, 6.45) is -4.40. The molecule has 0 aliphatic heterocycles. The first-order chi connectivity index (χ1) is 9.75. The van der Waals surface area contributed by atoms with Gasteiger partial charge in [-0.3, -0.25) is 0 Å². The molecular formula is C12H10ClF3N4O. The molecule has 0 spiro atoms. The monoisotopic (exact) mass is 318 g/mol. The van der Waals surface area contributed by atoms with Crippen molar-refractivity contribution in [3.05, 3.63) is 35.1 Å². The number of rotatable bonds is 3. The summed E-state index contributed by atoms with van der Waals surface area (Å²) in [5.74, 6) is 0.437. The highest BCUT2D eigenvalue weighted by Gasteiger charge is 2.30. The highest BCUT2D eigenvalue weighted by atomic mass is 35.5. The maximum atomic E-state index is 12.4. The van der Waals surface area contributed by atoms with Gasteiger partial charge in [0.1, 0.15) is 5.75 Å².